The van der Waals surface area contributed by atoms with Crippen molar-refractivity contribution in [1.82, 2.24) is 19.6 Å². The first kappa shape index (κ1) is 12.6. The van der Waals surface area contributed by atoms with E-state index in [1.807, 2.05) is 13.0 Å². The van der Waals surface area contributed by atoms with Gasteiger partial charge in [-0.3, -0.25) is 0 Å². The van der Waals surface area contributed by atoms with E-state index in [0.717, 1.165) is 17.1 Å². The van der Waals surface area contributed by atoms with Crippen molar-refractivity contribution in [2.45, 2.75) is 6.92 Å². The molecule has 0 atom stereocenters. The van der Waals surface area contributed by atoms with E-state index in [9.17, 15) is 0 Å². The summed E-state index contributed by atoms with van der Waals surface area (Å²) >= 11 is 7.89. The molecule has 0 bridgehead atoms. The summed E-state index contributed by atoms with van der Waals surface area (Å²) in [6.07, 6.45) is 1.46. The number of hydrogen-bond acceptors (Lipinski definition) is 5. The molecule has 0 aliphatic rings. The van der Waals surface area contributed by atoms with Gasteiger partial charge in [0.1, 0.15) is 17.3 Å². The van der Waals surface area contributed by atoms with Gasteiger partial charge in [-0.2, -0.15) is 19.6 Å². The van der Waals surface area contributed by atoms with E-state index in [2.05, 4.69) is 44.0 Å². The predicted molar refractivity (Wildman–Crippen MR) is 85.6 cm³/mol. The zero-order valence-electron chi connectivity index (χ0n) is 11.0. The molecule has 7 heteroatoms. The molecule has 0 saturated heterocycles. The molecule has 1 aromatic carbocycles. The summed E-state index contributed by atoms with van der Waals surface area (Å²) in [6.45, 7) is 1.90. The first-order valence-electron chi connectivity index (χ1n) is 6.32. The number of benzene rings is 1. The molecule has 0 radical (unpaired) electrons. The van der Waals surface area contributed by atoms with Gasteiger partial charge in [-0.15, -0.1) is 11.3 Å². The topological polar surface area (TPSA) is 55.1 Å². The fraction of sp³-hybridized carbons (Fsp3) is 0.0714. The first-order valence-corrected chi connectivity index (χ1v) is 7.58. The summed E-state index contributed by atoms with van der Waals surface area (Å²) in [5.41, 5.74) is 1.81. The Morgan fingerprint density at radius 1 is 1.29 bits per heavy atom. The van der Waals surface area contributed by atoms with Crippen molar-refractivity contribution in [2.24, 2.45) is 0 Å². The van der Waals surface area contributed by atoms with Gasteiger partial charge in [0.2, 0.25) is 0 Å². The molecule has 0 aliphatic carbocycles. The summed E-state index contributed by atoms with van der Waals surface area (Å²) in [6, 6.07) is 8.33. The molecule has 21 heavy (non-hydrogen) atoms. The minimum Gasteiger partial charge on any atom is -0.340 e. The maximum Gasteiger partial charge on any atom is 0.255 e. The SMILES string of the molecule is Cc1c(Cl)nc2ncnn2c1Nc1ccc2sccc2c1. The second-order valence-electron chi connectivity index (χ2n) is 4.65. The lowest BCUT2D eigenvalue weighted by Gasteiger charge is -2.11. The standard InChI is InChI=1S/C14H10ClN5S/c1-8-12(15)19-14-16-7-17-20(14)13(8)18-10-2-3-11-9(6-10)4-5-21-11/h2-7,18H,1H3. The van der Waals surface area contributed by atoms with Crippen LogP contribution in [0.15, 0.2) is 36.0 Å². The summed E-state index contributed by atoms with van der Waals surface area (Å²) < 4.78 is 2.91. The van der Waals surface area contributed by atoms with Crippen molar-refractivity contribution in [3.05, 3.63) is 46.7 Å². The number of anilines is 2. The second-order valence-corrected chi connectivity index (χ2v) is 5.95. The van der Waals surface area contributed by atoms with E-state index in [4.69, 9.17) is 11.6 Å². The van der Waals surface area contributed by atoms with Gasteiger partial charge in [-0.25, -0.2) is 0 Å². The van der Waals surface area contributed by atoms with Crippen LogP contribution >= 0.6 is 22.9 Å². The van der Waals surface area contributed by atoms with E-state index < -0.39 is 0 Å². The van der Waals surface area contributed by atoms with Gasteiger partial charge < -0.3 is 5.32 Å². The lowest BCUT2D eigenvalue weighted by molar-refractivity contribution is 0.936. The van der Waals surface area contributed by atoms with Gasteiger partial charge in [0.15, 0.2) is 0 Å². The molecule has 0 spiro atoms. The molecule has 0 amide bonds. The van der Waals surface area contributed by atoms with Crippen LogP contribution < -0.4 is 5.32 Å². The van der Waals surface area contributed by atoms with Crippen LogP contribution in [0.4, 0.5) is 11.5 Å². The van der Waals surface area contributed by atoms with Gasteiger partial charge >= 0.3 is 0 Å². The van der Waals surface area contributed by atoms with Gasteiger partial charge in [-0.05, 0) is 42.0 Å². The number of thiophene rings is 1. The van der Waals surface area contributed by atoms with Crippen LogP contribution in [0.25, 0.3) is 15.9 Å². The fourth-order valence-electron chi connectivity index (χ4n) is 2.23. The zero-order valence-corrected chi connectivity index (χ0v) is 12.6. The number of rotatable bonds is 2. The maximum atomic E-state index is 6.16. The van der Waals surface area contributed by atoms with Gasteiger partial charge in [0, 0.05) is 16.0 Å². The molecule has 0 unspecified atom stereocenters. The van der Waals surface area contributed by atoms with E-state index >= 15 is 0 Å². The van der Waals surface area contributed by atoms with Crippen LogP contribution in [0.5, 0.6) is 0 Å². The van der Waals surface area contributed by atoms with Crippen molar-refractivity contribution in [3.63, 3.8) is 0 Å². The average Bonchev–Trinajstić information content (AvgIpc) is 3.11. The molecule has 3 aromatic heterocycles. The third kappa shape index (κ3) is 2.03. The van der Waals surface area contributed by atoms with Crippen molar-refractivity contribution in [2.75, 3.05) is 5.32 Å². The van der Waals surface area contributed by atoms with Crippen LogP contribution in [0.1, 0.15) is 5.56 Å². The smallest absolute Gasteiger partial charge is 0.255 e. The van der Waals surface area contributed by atoms with Crippen LogP contribution in [-0.2, 0) is 0 Å². The number of hydrogen-bond donors (Lipinski definition) is 1. The van der Waals surface area contributed by atoms with E-state index in [0.29, 0.717) is 10.9 Å². The van der Waals surface area contributed by atoms with Gasteiger partial charge in [-0.1, -0.05) is 11.6 Å². The molecule has 5 nitrogen and oxygen atoms in total. The Labute approximate surface area is 129 Å². The van der Waals surface area contributed by atoms with Crippen molar-refractivity contribution < 1.29 is 0 Å². The molecule has 0 aliphatic heterocycles. The lowest BCUT2D eigenvalue weighted by Crippen LogP contribution is -2.04. The third-order valence-electron chi connectivity index (χ3n) is 3.32. The lowest BCUT2D eigenvalue weighted by atomic mass is 10.2. The van der Waals surface area contributed by atoms with Gasteiger partial charge in [0.25, 0.3) is 5.78 Å². The highest BCUT2D eigenvalue weighted by Crippen LogP contribution is 2.28. The Bertz CT molecular complexity index is 958. The molecule has 4 aromatic rings. The largest absolute Gasteiger partial charge is 0.340 e. The molecular formula is C14H10ClN5S. The molecule has 1 N–H and O–H groups in total. The minimum atomic E-state index is 0.426. The highest BCUT2D eigenvalue weighted by Gasteiger charge is 2.12. The second kappa shape index (κ2) is 4.68. The van der Waals surface area contributed by atoms with Crippen LogP contribution in [0.3, 0.4) is 0 Å². The minimum absolute atomic E-state index is 0.426. The molecular weight excluding hydrogens is 306 g/mol. The van der Waals surface area contributed by atoms with Crippen LogP contribution in [-0.4, -0.2) is 19.6 Å². The Kier molecular flexibility index (Phi) is 2.80. The normalized spacial score (nSPS) is 11.3. The monoisotopic (exact) mass is 315 g/mol. The number of nitrogens with zero attached hydrogens (tertiary/aromatic N) is 4. The van der Waals surface area contributed by atoms with E-state index in [1.54, 1.807) is 15.9 Å². The average molecular weight is 316 g/mol. The highest BCUT2D eigenvalue weighted by molar-refractivity contribution is 7.17. The summed E-state index contributed by atoms with van der Waals surface area (Å²) in [4.78, 5) is 8.28. The number of aromatic nitrogens is 4. The Hall–Kier alpha value is -2.18. The Balaban J connectivity index is 1.86. The highest BCUT2D eigenvalue weighted by atomic mass is 35.5. The van der Waals surface area contributed by atoms with Crippen LogP contribution in [0, 0.1) is 6.92 Å². The number of halogens is 1. The third-order valence-corrected chi connectivity index (χ3v) is 4.59. The van der Waals surface area contributed by atoms with Crippen molar-refractivity contribution in [3.8, 4) is 0 Å². The van der Waals surface area contributed by atoms with E-state index in [-0.39, 0.29) is 0 Å². The Morgan fingerprint density at radius 2 is 2.19 bits per heavy atom. The number of fused-ring (bicyclic) bond motifs is 2. The van der Waals surface area contributed by atoms with E-state index in [1.165, 1.54) is 16.4 Å². The van der Waals surface area contributed by atoms with Crippen molar-refractivity contribution >= 4 is 50.3 Å². The number of nitrogens with one attached hydrogen (secondary N) is 1. The first-order chi connectivity index (χ1) is 10.2. The zero-order chi connectivity index (χ0) is 14.4. The predicted octanol–water partition coefficient (Wildman–Crippen LogP) is 4.04. The Morgan fingerprint density at radius 3 is 3.10 bits per heavy atom. The molecule has 4 rings (SSSR count). The summed E-state index contributed by atoms with van der Waals surface area (Å²) in [5, 5.41) is 11.3. The molecule has 0 saturated carbocycles. The van der Waals surface area contributed by atoms with Crippen LogP contribution in [0.2, 0.25) is 5.15 Å². The molecule has 0 fully saturated rings. The quantitative estimate of drug-likeness (QED) is 0.567. The molecule has 3 heterocycles. The summed E-state index contributed by atoms with van der Waals surface area (Å²) in [7, 11) is 0. The van der Waals surface area contributed by atoms with Crippen molar-refractivity contribution in [1.29, 1.82) is 0 Å². The maximum absolute atomic E-state index is 6.16. The molecule has 104 valence electrons. The summed E-state index contributed by atoms with van der Waals surface area (Å²) in [5.74, 6) is 1.25. The fourth-order valence-corrected chi connectivity index (χ4v) is 3.16. The van der Waals surface area contributed by atoms with Gasteiger partial charge in [0.05, 0.1) is 0 Å².